The highest BCUT2D eigenvalue weighted by molar-refractivity contribution is 5.87. The molecule has 1 aromatic carbocycles. The normalized spacial score (nSPS) is 24.5. The summed E-state index contributed by atoms with van der Waals surface area (Å²) in [6.45, 7) is 5.05. The number of benzene rings is 1. The third kappa shape index (κ3) is 5.33. The van der Waals surface area contributed by atoms with Crippen LogP contribution in [0.4, 0.5) is 0 Å². The van der Waals surface area contributed by atoms with Gasteiger partial charge in [0.05, 0.1) is 18.3 Å². The van der Waals surface area contributed by atoms with Crippen LogP contribution in [0.15, 0.2) is 24.3 Å². The third-order valence-corrected chi connectivity index (χ3v) is 4.57. The fourth-order valence-corrected chi connectivity index (χ4v) is 2.98. The van der Waals surface area contributed by atoms with Gasteiger partial charge >= 0.3 is 5.97 Å². The first-order valence-electron chi connectivity index (χ1n) is 8.72. The van der Waals surface area contributed by atoms with Crippen molar-refractivity contribution in [3.8, 4) is 0 Å². The lowest BCUT2D eigenvalue weighted by atomic mass is 9.95. The lowest BCUT2D eigenvalue weighted by Crippen LogP contribution is -2.34. The van der Waals surface area contributed by atoms with E-state index in [-0.39, 0.29) is 18.0 Å². The second-order valence-corrected chi connectivity index (χ2v) is 6.40. The Morgan fingerprint density at radius 1 is 1.17 bits per heavy atom. The van der Waals surface area contributed by atoms with Gasteiger partial charge < -0.3 is 14.6 Å². The van der Waals surface area contributed by atoms with Gasteiger partial charge in [0.25, 0.3) is 0 Å². The smallest absolute Gasteiger partial charge is 0.335 e. The van der Waals surface area contributed by atoms with Crippen LogP contribution in [0.1, 0.15) is 74.6 Å². The number of carboxylic acids is 1. The SMILES string of the molecule is CCCCCCCC1COC(c2ccc(C(=O)O)cc2)OC1C. The molecule has 1 saturated heterocycles. The standard InChI is InChI=1S/C19H28O4/c1-3-4-5-6-7-8-17-13-22-19(23-14(17)2)16-11-9-15(10-12-16)18(20)21/h9-12,14,17,19H,3-8,13H2,1-2H3,(H,20,21). The minimum Gasteiger partial charge on any atom is -0.478 e. The van der Waals surface area contributed by atoms with Gasteiger partial charge in [-0.25, -0.2) is 4.79 Å². The Morgan fingerprint density at radius 2 is 1.87 bits per heavy atom. The van der Waals surface area contributed by atoms with Crippen molar-refractivity contribution in [3.63, 3.8) is 0 Å². The molecule has 3 atom stereocenters. The zero-order valence-electron chi connectivity index (χ0n) is 14.2. The van der Waals surface area contributed by atoms with Crippen molar-refractivity contribution in [1.29, 1.82) is 0 Å². The van der Waals surface area contributed by atoms with Crippen LogP contribution in [-0.4, -0.2) is 23.8 Å². The largest absolute Gasteiger partial charge is 0.478 e. The van der Waals surface area contributed by atoms with Gasteiger partial charge in [0.1, 0.15) is 0 Å². The lowest BCUT2D eigenvalue weighted by Gasteiger charge is -2.35. The number of unbranched alkanes of at least 4 members (excludes halogenated alkanes) is 4. The van der Waals surface area contributed by atoms with Crippen LogP contribution in [-0.2, 0) is 9.47 Å². The summed E-state index contributed by atoms with van der Waals surface area (Å²) < 4.78 is 11.8. The topological polar surface area (TPSA) is 55.8 Å². The molecule has 4 nitrogen and oxygen atoms in total. The fraction of sp³-hybridized carbons (Fsp3) is 0.632. The molecule has 4 heteroatoms. The van der Waals surface area contributed by atoms with E-state index >= 15 is 0 Å². The Labute approximate surface area is 138 Å². The molecule has 128 valence electrons. The van der Waals surface area contributed by atoms with E-state index in [2.05, 4.69) is 13.8 Å². The summed E-state index contributed by atoms with van der Waals surface area (Å²) in [5, 5.41) is 8.94. The van der Waals surface area contributed by atoms with Crippen molar-refractivity contribution >= 4 is 5.97 Å². The number of aromatic carboxylic acids is 1. The quantitative estimate of drug-likeness (QED) is 0.699. The Morgan fingerprint density at radius 3 is 2.48 bits per heavy atom. The molecule has 0 saturated carbocycles. The first kappa shape index (κ1) is 18.0. The predicted octanol–water partition coefficient (Wildman–Crippen LogP) is 4.80. The van der Waals surface area contributed by atoms with Gasteiger partial charge in [0.15, 0.2) is 6.29 Å². The van der Waals surface area contributed by atoms with Crippen molar-refractivity contribution < 1.29 is 19.4 Å². The summed E-state index contributed by atoms with van der Waals surface area (Å²) in [6.07, 6.45) is 7.36. The lowest BCUT2D eigenvalue weighted by molar-refractivity contribution is -0.237. The van der Waals surface area contributed by atoms with E-state index in [1.165, 1.54) is 32.1 Å². The number of carbonyl (C=O) groups is 1. The van der Waals surface area contributed by atoms with Gasteiger partial charge in [-0.15, -0.1) is 0 Å². The Kier molecular flexibility index (Phi) is 7.06. The summed E-state index contributed by atoms with van der Waals surface area (Å²) in [6, 6.07) is 6.72. The molecule has 0 aliphatic carbocycles. The molecule has 1 heterocycles. The van der Waals surface area contributed by atoms with Crippen LogP contribution in [0.25, 0.3) is 0 Å². The summed E-state index contributed by atoms with van der Waals surface area (Å²) in [7, 11) is 0. The Bertz CT molecular complexity index is 483. The van der Waals surface area contributed by atoms with E-state index < -0.39 is 5.97 Å². The van der Waals surface area contributed by atoms with E-state index in [4.69, 9.17) is 14.6 Å². The van der Waals surface area contributed by atoms with Crippen molar-refractivity contribution in [2.75, 3.05) is 6.61 Å². The van der Waals surface area contributed by atoms with Gasteiger partial charge in [-0.05, 0) is 25.5 Å². The minimum atomic E-state index is -0.918. The van der Waals surface area contributed by atoms with Crippen molar-refractivity contribution in [3.05, 3.63) is 35.4 Å². The second kappa shape index (κ2) is 9.04. The fourth-order valence-electron chi connectivity index (χ4n) is 2.98. The summed E-state index contributed by atoms with van der Waals surface area (Å²) in [5.74, 6) is -0.468. The van der Waals surface area contributed by atoms with Crippen LogP contribution < -0.4 is 0 Å². The van der Waals surface area contributed by atoms with E-state index in [1.54, 1.807) is 24.3 Å². The predicted molar refractivity (Wildman–Crippen MR) is 89.5 cm³/mol. The first-order valence-corrected chi connectivity index (χ1v) is 8.72. The van der Waals surface area contributed by atoms with Crippen LogP contribution in [0.2, 0.25) is 0 Å². The maximum atomic E-state index is 10.9. The molecule has 23 heavy (non-hydrogen) atoms. The summed E-state index contributed by atoms with van der Waals surface area (Å²) in [4.78, 5) is 10.9. The third-order valence-electron chi connectivity index (χ3n) is 4.57. The zero-order chi connectivity index (χ0) is 16.7. The summed E-state index contributed by atoms with van der Waals surface area (Å²) >= 11 is 0. The zero-order valence-corrected chi connectivity index (χ0v) is 14.2. The van der Waals surface area contributed by atoms with Gasteiger partial charge in [-0.3, -0.25) is 0 Å². The molecule has 1 N–H and O–H groups in total. The molecular formula is C19H28O4. The maximum absolute atomic E-state index is 10.9. The van der Waals surface area contributed by atoms with E-state index in [0.717, 1.165) is 12.0 Å². The molecule has 0 bridgehead atoms. The molecule has 0 amide bonds. The van der Waals surface area contributed by atoms with Gasteiger partial charge in [0.2, 0.25) is 0 Å². The van der Waals surface area contributed by atoms with Crippen molar-refractivity contribution in [1.82, 2.24) is 0 Å². The molecule has 3 unspecified atom stereocenters. The van der Waals surface area contributed by atoms with E-state index in [1.807, 2.05) is 0 Å². The number of ether oxygens (including phenoxy) is 2. The van der Waals surface area contributed by atoms with E-state index in [9.17, 15) is 4.79 Å². The highest BCUT2D eigenvalue weighted by atomic mass is 16.7. The molecule has 1 aromatic rings. The highest BCUT2D eigenvalue weighted by Crippen LogP contribution is 2.31. The number of hydrogen-bond donors (Lipinski definition) is 1. The van der Waals surface area contributed by atoms with Crippen LogP contribution >= 0.6 is 0 Å². The molecule has 0 spiro atoms. The Hall–Kier alpha value is -1.39. The van der Waals surface area contributed by atoms with Crippen LogP contribution in [0, 0.1) is 5.92 Å². The average Bonchev–Trinajstić information content (AvgIpc) is 2.56. The molecule has 1 fully saturated rings. The van der Waals surface area contributed by atoms with Crippen molar-refractivity contribution in [2.45, 2.75) is 64.8 Å². The van der Waals surface area contributed by atoms with Crippen LogP contribution in [0.5, 0.6) is 0 Å². The molecule has 0 radical (unpaired) electrons. The first-order chi connectivity index (χ1) is 11.1. The number of hydrogen-bond acceptors (Lipinski definition) is 3. The highest BCUT2D eigenvalue weighted by Gasteiger charge is 2.29. The average molecular weight is 320 g/mol. The monoisotopic (exact) mass is 320 g/mol. The van der Waals surface area contributed by atoms with Gasteiger partial charge in [-0.1, -0.05) is 51.2 Å². The summed E-state index contributed by atoms with van der Waals surface area (Å²) in [5.41, 5.74) is 1.16. The molecular weight excluding hydrogens is 292 g/mol. The minimum absolute atomic E-state index is 0.166. The van der Waals surface area contributed by atoms with Crippen LogP contribution in [0.3, 0.4) is 0 Å². The number of rotatable bonds is 8. The maximum Gasteiger partial charge on any atom is 0.335 e. The Balaban J connectivity index is 1.80. The molecule has 1 aliphatic rings. The van der Waals surface area contributed by atoms with Gasteiger partial charge in [-0.2, -0.15) is 0 Å². The van der Waals surface area contributed by atoms with E-state index in [0.29, 0.717) is 12.5 Å². The molecule has 1 aliphatic heterocycles. The van der Waals surface area contributed by atoms with Gasteiger partial charge in [0, 0.05) is 11.5 Å². The number of carboxylic acid groups (broad SMARTS) is 1. The van der Waals surface area contributed by atoms with Crippen molar-refractivity contribution in [2.24, 2.45) is 5.92 Å². The second-order valence-electron chi connectivity index (χ2n) is 6.40. The molecule has 0 aromatic heterocycles. The molecule has 2 rings (SSSR count).